The Hall–Kier alpha value is -1.92. The van der Waals surface area contributed by atoms with Gasteiger partial charge in [-0.2, -0.15) is 0 Å². The number of rotatable bonds is 6. The molecule has 3 rings (SSSR count). The summed E-state index contributed by atoms with van der Waals surface area (Å²) < 4.78 is 28.1. The summed E-state index contributed by atoms with van der Waals surface area (Å²) in [6.07, 6.45) is 0. The quantitative estimate of drug-likeness (QED) is 0.282. The van der Waals surface area contributed by atoms with Crippen LogP contribution in [0.1, 0.15) is 47.5 Å². The summed E-state index contributed by atoms with van der Waals surface area (Å²) in [7, 11) is 0. The second-order valence-corrected chi connectivity index (χ2v) is 8.83. The molecule has 6 heteroatoms. The molecular weight excluding hydrogens is 384 g/mol. The second kappa shape index (κ2) is 7.60. The number of fused-ring (bicyclic) bond motifs is 1. The van der Waals surface area contributed by atoms with E-state index < -0.39 is 11.8 Å². The zero-order chi connectivity index (χ0) is 19.8. The van der Waals surface area contributed by atoms with Crippen LogP contribution in [0.15, 0.2) is 47.4 Å². The molecule has 0 bridgehead atoms. The van der Waals surface area contributed by atoms with E-state index in [9.17, 15) is 13.6 Å². The number of ketones is 1. The Morgan fingerprint density at radius 1 is 1.26 bits per heavy atom. The number of benzene rings is 2. The average Bonchev–Trinajstić information content (AvgIpc) is 2.99. The molecule has 0 aliphatic heterocycles. The first-order valence-corrected chi connectivity index (χ1v) is 10.5. The van der Waals surface area contributed by atoms with E-state index in [2.05, 4.69) is 6.92 Å². The lowest BCUT2D eigenvalue weighted by atomic mass is 9.92. The maximum atomic E-state index is 13.5. The Kier molecular flexibility index (Phi) is 5.58. The van der Waals surface area contributed by atoms with Crippen LogP contribution in [-0.2, 0) is 5.92 Å². The summed E-state index contributed by atoms with van der Waals surface area (Å²) in [6.45, 7) is 4.67. The highest BCUT2D eigenvalue weighted by Crippen LogP contribution is 2.41. The first kappa shape index (κ1) is 19.8. The van der Waals surface area contributed by atoms with Gasteiger partial charge in [0.2, 0.25) is 0 Å². The molecule has 0 radical (unpaired) electrons. The monoisotopic (exact) mass is 405 g/mol. The fourth-order valence-corrected chi connectivity index (χ4v) is 5.40. The van der Waals surface area contributed by atoms with Crippen molar-refractivity contribution in [2.75, 3.05) is 11.5 Å². The lowest BCUT2D eigenvalue weighted by molar-refractivity contribution is 0.0175. The van der Waals surface area contributed by atoms with Crippen LogP contribution in [0.5, 0.6) is 0 Å². The standard InChI is InChI=1S/C21H21F2NOS2/c1-4-26-19-15-7-5-6-8-17(15)27-20(19)18(25)12(2)14-10-9-13(11-16(14)24)21(3,22)23/h5-12H,4,24H2,1-3H3. The maximum Gasteiger partial charge on any atom is 0.270 e. The first-order valence-electron chi connectivity index (χ1n) is 8.70. The number of alkyl halides is 2. The molecule has 0 aliphatic carbocycles. The van der Waals surface area contributed by atoms with Crippen molar-refractivity contribution in [3.63, 3.8) is 0 Å². The largest absolute Gasteiger partial charge is 0.398 e. The summed E-state index contributed by atoms with van der Waals surface area (Å²) in [5.74, 6) is -2.64. The summed E-state index contributed by atoms with van der Waals surface area (Å²) in [5, 5.41) is 1.08. The molecule has 2 aromatic carbocycles. The van der Waals surface area contributed by atoms with Crippen molar-refractivity contribution in [2.24, 2.45) is 0 Å². The number of carbonyl (C=O) groups excluding carboxylic acids is 1. The lowest BCUT2D eigenvalue weighted by Crippen LogP contribution is -2.13. The number of hydrogen-bond acceptors (Lipinski definition) is 4. The molecule has 0 fully saturated rings. The van der Waals surface area contributed by atoms with Crippen molar-refractivity contribution in [3.8, 4) is 0 Å². The normalized spacial score (nSPS) is 13.1. The van der Waals surface area contributed by atoms with Crippen molar-refractivity contribution in [1.29, 1.82) is 0 Å². The SMILES string of the molecule is CCSc1c(C(=O)C(C)c2ccc(C(C)(F)F)cc2N)sc2ccccc12. The Bertz CT molecular complexity index is 992. The fourth-order valence-electron chi connectivity index (χ4n) is 3.05. The van der Waals surface area contributed by atoms with Crippen LogP contribution in [0.3, 0.4) is 0 Å². The summed E-state index contributed by atoms with van der Waals surface area (Å²) in [5.41, 5.74) is 6.68. The summed E-state index contributed by atoms with van der Waals surface area (Å²) >= 11 is 3.13. The molecule has 142 valence electrons. The van der Waals surface area contributed by atoms with Gasteiger partial charge in [0, 0.05) is 39.1 Å². The molecule has 0 spiro atoms. The smallest absolute Gasteiger partial charge is 0.270 e. The van der Waals surface area contributed by atoms with Gasteiger partial charge < -0.3 is 5.73 Å². The van der Waals surface area contributed by atoms with Crippen molar-refractivity contribution in [1.82, 2.24) is 0 Å². The molecule has 0 aliphatic rings. The number of nitrogen functional groups attached to an aromatic ring is 1. The molecule has 0 saturated carbocycles. The number of hydrogen-bond donors (Lipinski definition) is 1. The van der Waals surface area contributed by atoms with Gasteiger partial charge in [0.1, 0.15) is 0 Å². The van der Waals surface area contributed by atoms with Gasteiger partial charge in [-0.3, -0.25) is 4.79 Å². The highest BCUT2D eigenvalue weighted by atomic mass is 32.2. The van der Waals surface area contributed by atoms with Gasteiger partial charge in [-0.1, -0.05) is 44.2 Å². The number of carbonyl (C=O) groups is 1. The highest BCUT2D eigenvalue weighted by molar-refractivity contribution is 7.99. The number of Topliss-reactive ketones (excluding diaryl/α,β-unsaturated/α-hetero) is 1. The van der Waals surface area contributed by atoms with Crippen molar-refractivity contribution >= 4 is 44.7 Å². The summed E-state index contributed by atoms with van der Waals surface area (Å²) in [6, 6.07) is 12.1. The van der Waals surface area contributed by atoms with E-state index in [0.29, 0.717) is 10.4 Å². The molecule has 1 heterocycles. The van der Waals surface area contributed by atoms with Gasteiger partial charge in [-0.15, -0.1) is 23.1 Å². The number of nitrogens with two attached hydrogens (primary N) is 1. The van der Waals surface area contributed by atoms with Crippen LogP contribution in [0.2, 0.25) is 0 Å². The minimum absolute atomic E-state index is 0.0325. The minimum atomic E-state index is -2.96. The Morgan fingerprint density at radius 2 is 1.96 bits per heavy atom. The molecule has 0 saturated heterocycles. The molecule has 3 aromatic rings. The number of thioether (sulfide) groups is 1. The van der Waals surface area contributed by atoms with E-state index in [4.69, 9.17) is 5.73 Å². The summed E-state index contributed by atoms with van der Waals surface area (Å²) in [4.78, 5) is 14.9. The van der Waals surface area contributed by atoms with E-state index in [1.54, 1.807) is 24.8 Å². The van der Waals surface area contributed by atoms with Gasteiger partial charge >= 0.3 is 0 Å². The van der Waals surface area contributed by atoms with Crippen LogP contribution in [0.25, 0.3) is 10.1 Å². The van der Waals surface area contributed by atoms with Crippen LogP contribution in [0, 0.1) is 0 Å². The molecule has 0 amide bonds. The van der Waals surface area contributed by atoms with E-state index in [-0.39, 0.29) is 17.0 Å². The Morgan fingerprint density at radius 3 is 2.59 bits per heavy atom. The van der Waals surface area contributed by atoms with Crippen LogP contribution >= 0.6 is 23.1 Å². The van der Waals surface area contributed by atoms with Gasteiger partial charge in [0.25, 0.3) is 5.92 Å². The highest BCUT2D eigenvalue weighted by Gasteiger charge is 2.28. The van der Waals surface area contributed by atoms with Crippen LogP contribution < -0.4 is 5.73 Å². The molecular formula is C21H21F2NOS2. The third-order valence-corrected chi connectivity index (χ3v) is 6.83. The fraction of sp³-hybridized carbons (Fsp3) is 0.286. The molecule has 1 atom stereocenters. The Labute approximate surface area is 165 Å². The average molecular weight is 406 g/mol. The number of anilines is 1. The number of halogens is 2. The van der Waals surface area contributed by atoms with Crippen LogP contribution in [0.4, 0.5) is 14.5 Å². The first-order chi connectivity index (χ1) is 12.7. The minimum Gasteiger partial charge on any atom is -0.398 e. The maximum absolute atomic E-state index is 13.5. The predicted octanol–water partition coefficient (Wildman–Crippen LogP) is 6.69. The van der Waals surface area contributed by atoms with Crippen molar-refractivity contribution < 1.29 is 13.6 Å². The van der Waals surface area contributed by atoms with Gasteiger partial charge in [-0.25, -0.2) is 8.78 Å². The zero-order valence-electron chi connectivity index (χ0n) is 15.4. The molecule has 2 N–H and O–H groups in total. The van der Waals surface area contributed by atoms with E-state index >= 15 is 0 Å². The van der Waals surface area contributed by atoms with Crippen LogP contribution in [-0.4, -0.2) is 11.5 Å². The third-order valence-electron chi connectivity index (χ3n) is 4.52. The third kappa shape index (κ3) is 3.87. The van der Waals surface area contributed by atoms with E-state index in [0.717, 1.165) is 27.7 Å². The van der Waals surface area contributed by atoms with Gasteiger partial charge in [0.15, 0.2) is 5.78 Å². The molecule has 2 nitrogen and oxygen atoms in total. The lowest BCUT2D eigenvalue weighted by Gasteiger charge is -2.17. The number of thiophene rings is 1. The topological polar surface area (TPSA) is 43.1 Å². The second-order valence-electron chi connectivity index (χ2n) is 6.51. The molecule has 27 heavy (non-hydrogen) atoms. The zero-order valence-corrected chi connectivity index (χ0v) is 17.0. The molecule has 1 unspecified atom stereocenters. The van der Waals surface area contributed by atoms with Crippen molar-refractivity contribution in [3.05, 3.63) is 58.5 Å². The van der Waals surface area contributed by atoms with E-state index in [1.165, 1.54) is 23.5 Å². The Balaban J connectivity index is 2.01. The predicted molar refractivity (Wildman–Crippen MR) is 111 cm³/mol. The van der Waals surface area contributed by atoms with Gasteiger partial charge in [0.05, 0.1) is 4.88 Å². The van der Waals surface area contributed by atoms with Gasteiger partial charge in [-0.05, 0) is 23.4 Å². The van der Waals surface area contributed by atoms with Crippen molar-refractivity contribution in [2.45, 2.75) is 37.5 Å². The molecule has 1 aromatic heterocycles. The van der Waals surface area contributed by atoms with E-state index in [1.807, 2.05) is 24.3 Å².